The second kappa shape index (κ2) is 4.86. The van der Waals surface area contributed by atoms with Crippen molar-refractivity contribution in [2.75, 3.05) is 6.54 Å². The molecule has 1 heterocycles. The van der Waals surface area contributed by atoms with Crippen molar-refractivity contribution in [1.29, 1.82) is 0 Å². The standard InChI is InChI=1S/C12H13ClF3N/c13-8-4-5-9(10(7-8)12(14,15)16)11-3-1-2-6-17-11/h4-5,7,11,17H,1-3,6H2/t11-/m0/s1. The number of alkyl halides is 3. The summed E-state index contributed by atoms with van der Waals surface area (Å²) in [5.41, 5.74) is -0.314. The third kappa shape index (κ3) is 2.93. The number of rotatable bonds is 1. The topological polar surface area (TPSA) is 12.0 Å². The Hall–Kier alpha value is -0.740. The van der Waals surface area contributed by atoms with E-state index in [0.717, 1.165) is 31.9 Å². The number of halogens is 4. The molecule has 1 N–H and O–H groups in total. The van der Waals surface area contributed by atoms with Crippen molar-refractivity contribution in [3.63, 3.8) is 0 Å². The van der Waals surface area contributed by atoms with E-state index in [1.54, 1.807) is 0 Å². The fourth-order valence-electron chi connectivity index (χ4n) is 2.20. The molecule has 1 aromatic carbocycles. The summed E-state index contributed by atoms with van der Waals surface area (Å²) >= 11 is 5.64. The molecule has 94 valence electrons. The van der Waals surface area contributed by atoms with Gasteiger partial charge in [0.25, 0.3) is 0 Å². The van der Waals surface area contributed by atoms with E-state index in [1.807, 2.05) is 0 Å². The highest BCUT2D eigenvalue weighted by Gasteiger charge is 2.35. The van der Waals surface area contributed by atoms with Gasteiger partial charge >= 0.3 is 6.18 Å². The molecule has 1 nitrogen and oxygen atoms in total. The molecule has 17 heavy (non-hydrogen) atoms. The first-order valence-corrected chi connectivity index (χ1v) is 5.96. The first kappa shape index (κ1) is 12.7. The molecule has 0 unspecified atom stereocenters. The summed E-state index contributed by atoms with van der Waals surface area (Å²) in [5, 5.41) is 3.25. The fraction of sp³-hybridized carbons (Fsp3) is 0.500. The molecule has 0 saturated carbocycles. The first-order chi connectivity index (χ1) is 7.98. The molecule has 0 bridgehead atoms. The van der Waals surface area contributed by atoms with E-state index in [4.69, 9.17) is 11.6 Å². The van der Waals surface area contributed by atoms with Crippen molar-refractivity contribution >= 4 is 11.6 Å². The Morgan fingerprint density at radius 3 is 2.59 bits per heavy atom. The Morgan fingerprint density at radius 2 is 2.00 bits per heavy atom. The molecule has 1 fully saturated rings. The zero-order valence-electron chi connectivity index (χ0n) is 9.15. The lowest BCUT2D eigenvalue weighted by Gasteiger charge is -2.26. The van der Waals surface area contributed by atoms with Crippen LogP contribution in [0.1, 0.15) is 36.4 Å². The van der Waals surface area contributed by atoms with Crippen molar-refractivity contribution < 1.29 is 13.2 Å². The van der Waals surface area contributed by atoms with Crippen LogP contribution in [0, 0.1) is 0 Å². The van der Waals surface area contributed by atoms with Crippen LogP contribution >= 0.6 is 11.6 Å². The minimum absolute atomic E-state index is 0.122. The Kier molecular flexibility index (Phi) is 3.64. The molecule has 0 aromatic heterocycles. The van der Waals surface area contributed by atoms with Gasteiger partial charge in [-0.15, -0.1) is 0 Å². The predicted octanol–water partition coefficient (Wildman–Crippen LogP) is 4.17. The van der Waals surface area contributed by atoms with Crippen molar-refractivity contribution in [2.24, 2.45) is 0 Å². The summed E-state index contributed by atoms with van der Waals surface area (Å²) in [5.74, 6) is 0. The van der Waals surface area contributed by atoms with Crippen LogP contribution < -0.4 is 5.32 Å². The van der Waals surface area contributed by atoms with Gasteiger partial charge in [0.15, 0.2) is 0 Å². The smallest absolute Gasteiger partial charge is 0.310 e. The van der Waals surface area contributed by atoms with E-state index in [0.29, 0.717) is 5.56 Å². The maximum absolute atomic E-state index is 12.9. The average Bonchev–Trinajstić information content (AvgIpc) is 2.29. The minimum atomic E-state index is -4.35. The number of nitrogens with one attached hydrogen (secondary N) is 1. The molecule has 1 atom stereocenters. The van der Waals surface area contributed by atoms with Crippen molar-refractivity contribution in [2.45, 2.75) is 31.5 Å². The molecule has 0 aliphatic carbocycles. The second-order valence-electron chi connectivity index (χ2n) is 4.23. The zero-order valence-corrected chi connectivity index (χ0v) is 9.91. The van der Waals surface area contributed by atoms with Gasteiger partial charge in [-0.3, -0.25) is 0 Å². The van der Waals surface area contributed by atoms with Crippen LogP contribution in [0.2, 0.25) is 5.02 Å². The van der Waals surface area contributed by atoms with Crippen LogP contribution in [0.15, 0.2) is 18.2 Å². The van der Waals surface area contributed by atoms with Crippen LogP contribution in [0.5, 0.6) is 0 Å². The lowest BCUT2D eigenvalue weighted by Crippen LogP contribution is -2.28. The van der Waals surface area contributed by atoms with Gasteiger partial charge in [-0.1, -0.05) is 24.1 Å². The number of hydrogen-bond acceptors (Lipinski definition) is 1. The largest absolute Gasteiger partial charge is 0.416 e. The lowest BCUT2D eigenvalue weighted by molar-refractivity contribution is -0.138. The van der Waals surface area contributed by atoms with Gasteiger partial charge in [-0.25, -0.2) is 0 Å². The molecule has 1 saturated heterocycles. The summed E-state index contributed by atoms with van der Waals surface area (Å²) in [6, 6.07) is 3.79. The van der Waals surface area contributed by atoms with E-state index in [9.17, 15) is 13.2 Å². The van der Waals surface area contributed by atoms with E-state index in [-0.39, 0.29) is 11.1 Å². The molecule has 1 aliphatic heterocycles. The quantitative estimate of drug-likeness (QED) is 0.802. The van der Waals surface area contributed by atoms with Crippen LogP contribution in [0.25, 0.3) is 0 Å². The second-order valence-corrected chi connectivity index (χ2v) is 4.67. The van der Waals surface area contributed by atoms with Gasteiger partial charge in [-0.05, 0) is 37.1 Å². The lowest BCUT2D eigenvalue weighted by atomic mass is 9.93. The molecule has 1 aliphatic rings. The summed E-state index contributed by atoms with van der Waals surface area (Å²) < 4.78 is 38.7. The molecule has 2 rings (SSSR count). The van der Waals surface area contributed by atoms with Gasteiger partial charge in [0, 0.05) is 11.1 Å². The normalized spacial score (nSPS) is 21.5. The third-order valence-corrected chi connectivity index (χ3v) is 3.24. The van der Waals surface area contributed by atoms with Gasteiger partial charge in [0.1, 0.15) is 0 Å². The highest BCUT2D eigenvalue weighted by molar-refractivity contribution is 6.30. The van der Waals surface area contributed by atoms with Crippen LogP contribution in [0.4, 0.5) is 13.2 Å². The van der Waals surface area contributed by atoms with Crippen molar-refractivity contribution in [3.8, 4) is 0 Å². The summed E-state index contributed by atoms with van der Waals surface area (Å²) in [6.07, 6.45) is -1.63. The van der Waals surface area contributed by atoms with Crippen LogP contribution in [0.3, 0.4) is 0 Å². The summed E-state index contributed by atoms with van der Waals surface area (Å²) in [7, 11) is 0. The fourth-order valence-corrected chi connectivity index (χ4v) is 2.37. The third-order valence-electron chi connectivity index (χ3n) is 3.01. The van der Waals surface area contributed by atoms with E-state index in [1.165, 1.54) is 12.1 Å². The highest BCUT2D eigenvalue weighted by Crippen LogP contribution is 2.38. The first-order valence-electron chi connectivity index (χ1n) is 5.58. The number of piperidine rings is 1. The molecule has 5 heteroatoms. The molecular weight excluding hydrogens is 251 g/mol. The molecule has 0 amide bonds. The summed E-state index contributed by atoms with van der Waals surface area (Å²) in [6.45, 7) is 0.768. The van der Waals surface area contributed by atoms with Gasteiger partial charge in [0.05, 0.1) is 5.56 Å². The molecule has 0 radical (unpaired) electrons. The van der Waals surface area contributed by atoms with Gasteiger partial charge in [-0.2, -0.15) is 13.2 Å². The molecule has 1 aromatic rings. The molecular formula is C12H13ClF3N. The van der Waals surface area contributed by atoms with Crippen LogP contribution in [-0.2, 0) is 6.18 Å². The average molecular weight is 264 g/mol. The zero-order chi connectivity index (χ0) is 12.5. The highest BCUT2D eigenvalue weighted by atomic mass is 35.5. The Balaban J connectivity index is 2.38. The SMILES string of the molecule is FC(F)(F)c1cc(Cl)ccc1[C@@H]1CCCCN1. The van der Waals surface area contributed by atoms with Gasteiger partial charge < -0.3 is 5.32 Å². The minimum Gasteiger partial charge on any atom is -0.310 e. The number of hydrogen-bond donors (Lipinski definition) is 1. The van der Waals surface area contributed by atoms with E-state index < -0.39 is 11.7 Å². The Bertz CT molecular complexity index is 397. The van der Waals surface area contributed by atoms with E-state index in [2.05, 4.69) is 5.32 Å². The van der Waals surface area contributed by atoms with Gasteiger partial charge in [0.2, 0.25) is 0 Å². The van der Waals surface area contributed by atoms with Crippen molar-refractivity contribution in [1.82, 2.24) is 5.32 Å². The van der Waals surface area contributed by atoms with E-state index >= 15 is 0 Å². The monoisotopic (exact) mass is 263 g/mol. The predicted molar refractivity (Wildman–Crippen MR) is 61.0 cm³/mol. The van der Waals surface area contributed by atoms with Crippen LogP contribution in [-0.4, -0.2) is 6.54 Å². The maximum atomic E-state index is 12.9. The number of benzene rings is 1. The summed E-state index contributed by atoms with van der Waals surface area (Å²) in [4.78, 5) is 0. The molecule has 0 spiro atoms. The maximum Gasteiger partial charge on any atom is 0.416 e. The Morgan fingerprint density at radius 1 is 1.24 bits per heavy atom. The Labute approximate surface area is 103 Å². The van der Waals surface area contributed by atoms with Crippen molar-refractivity contribution in [3.05, 3.63) is 34.3 Å².